The van der Waals surface area contributed by atoms with E-state index in [0.29, 0.717) is 6.54 Å². The van der Waals surface area contributed by atoms with Crippen LogP contribution in [0, 0.1) is 0 Å². The summed E-state index contributed by atoms with van der Waals surface area (Å²) in [7, 11) is 0. The minimum Gasteiger partial charge on any atom is -0.491 e. The van der Waals surface area contributed by atoms with Gasteiger partial charge in [-0.2, -0.15) is 13.2 Å². The quantitative estimate of drug-likeness (QED) is 0.791. The Bertz CT molecular complexity index is 732. The molecule has 0 bridgehead atoms. The van der Waals surface area contributed by atoms with Crippen molar-refractivity contribution in [3.8, 4) is 5.75 Å². The van der Waals surface area contributed by atoms with Gasteiger partial charge in [-0.05, 0) is 36.8 Å². The third-order valence-electron chi connectivity index (χ3n) is 3.51. The van der Waals surface area contributed by atoms with E-state index in [-0.39, 0.29) is 24.0 Å². The fraction of sp³-hybridized carbons (Fsp3) is 0.278. The number of benzene rings is 2. The van der Waals surface area contributed by atoms with Crippen LogP contribution in [0.1, 0.15) is 28.4 Å². The Morgan fingerprint density at radius 2 is 1.92 bits per heavy atom. The van der Waals surface area contributed by atoms with Gasteiger partial charge in [-0.3, -0.25) is 0 Å². The molecule has 0 aliphatic rings. The van der Waals surface area contributed by atoms with E-state index < -0.39 is 17.7 Å². The van der Waals surface area contributed by atoms with E-state index >= 15 is 0 Å². The lowest BCUT2D eigenvalue weighted by molar-refractivity contribution is -0.139. The van der Waals surface area contributed by atoms with Crippen molar-refractivity contribution in [1.29, 1.82) is 0 Å². The number of carboxylic acid groups (broad SMARTS) is 1. The van der Waals surface area contributed by atoms with Gasteiger partial charge in [-0.15, -0.1) is 0 Å². The van der Waals surface area contributed by atoms with Gasteiger partial charge in [-0.25, -0.2) is 4.79 Å². The summed E-state index contributed by atoms with van der Waals surface area (Å²) in [5, 5.41) is 12.1. The molecule has 7 heteroatoms. The Kier molecular flexibility index (Phi) is 6.03. The van der Waals surface area contributed by atoms with Gasteiger partial charge in [0, 0.05) is 12.6 Å². The molecule has 0 aliphatic heterocycles. The van der Waals surface area contributed by atoms with Gasteiger partial charge >= 0.3 is 12.1 Å². The Morgan fingerprint density at radius 3 is 2.60 bits per heavy atom. The number of ether oxygens (including phenoxy) is 1. The Morgan fingerprint density at radius 1 is 1.20 bits per heavy atom. The molecule has 0 amide bonds. The van der Waals surface area contributed by atoms with E-state index in [0.717, 1.165) is 11.6 Å². The Balaban J connectivity index is 1.91. The predicted octanol–water partition coefficient (Wildman–Crippen LogP) is 3.96. The molecule has 0 spiro atoms. The van der Waals surface area contributed by atoms with Crippen LogP contribution in [0.2, 0.25) is 0 Å². The average Bonchev–Trinajstić information content (AvgIpc) is 2.58. The molecule has 134 valence electrons. The number of carbonyl (C=O) groups is 1. The Labute approximate surface area is 143 Å². The SMILES string of the molecule is CC(COc1ccccc1C(F)(F)F)NCc1cccc(C(=O)O)c1. The van der Waals surface area contributed by atoms with E-state index in [9.17, 15) is 18.0 Å². The van der Waals surface area contributed by atoms with E-state index in [2.05, 4.69) is 5.32 Å². The van der Waals surface area contributed by atoms with Crippen LogP contribution in [-0.2, 0) is 12.7 Å². The van der Waals surface area contributed by atoms with Crippen molar-refractivity contribution in [2.75, 3.05) is 6.61 Å². The molecule has 0 radical (unpaired) electrons. The molecule has 0 aromatic heterocycles. The number of alkyl halides is 3. The summed E-state index contributed by atoms with van der Waals surface area (Å²) in [6.45, 7) is 2.20. The summed E-state index contributed by atoms with van der Waals surface area (Å²) in [4.78, 5) is 10.9. The molecular weight excluding hydrogens is 335 g/mol. The molecule has 2 N–H and O–H groups in total. The van der Waals surface area contributed by atoms with Crippen molar-refractivity contribution in [2.24, 2.45) is 0 Å². The van der Waals surface area contributed by atoms with Crippen LogP contribution < -0.4 is 10.1 Å². The molecular formula is C18H18F3NO3. The second-order valence-electron chi connectivity index (χ2n) is 5.59. The molecule has 2 aromatic rings. The predicted molar refractivity (Wildman–Crippen MR) is 86.6 cm³/mol. The van der Waals surface area contributed by atoms with Crippen LogP contribution in [0.4, 0.5) is 13.2 Å². The zero-order valence-electron chi connectivity index (χ0n) is 13.5. The smallest absolute Gasteiger partial charge is 0.419 e. The maximum Gasteiger partial charge on any atom is 0.419 e. The monoisotopic (exact) mass is 353 g/mol. The van der Waals surface area contributed by atoms with E-state index in [1.807, 2.05) is 0 Å². The molecule has 1 atom stereocenters. The zero-order chi connectivity index (χ0) is 18.4. The molecule has 0 aliphatic carbocycles. The van der Waals surface area contributed by atoms with Gasteiger partial charge in [0.25, 0.3) is 0 Å². The standard InChI is InChI=1S/C18H18F3NO3/c1-12(22-10-13-5-4-6-14(9-13)17(23)24)11-25-16-8-3-2-7-15(16)18(19,20)21/h2-9,12,22H,10-11H2,1H3,(H,23,24). The van der Waals surface area contributed by atoms with Crippen molar-refractivity contribution in [2.45, 2.75) is 25.7 Å². The maximum absolute atomic E-state index is 12.9. The third kappa shape index (κ3) is 5.49. The number of para-hydroxylation sites is 1. The lowest BCUT2D eigenvalue weighted by atomic mass is 10.1. The Hall–Kier alpha value is -2.54. The van der Waals surface area contributed by atoms with Crippen LogP contribution in [0.5, 0.6) is 5.75 Å². The number of halogens is 3. The highest BCUT2D eigenvalue weighted by molar-refractivity contribution is 5.87. The number of hydrogen-bond donors (Lipinski definition) is 2. The van der Waals surface area contributed by atoms with Crippen molar-refractivity contribution < 1.29 is 27.8 Å². The number of aromatic carboxylic acids is 1. The summed E-state index contributed by atoms with van der Waals surface area (Å²) >= 11 is 0. The molecule has 0 saturated carbocycles. The van der Waals surface area contributed by atoms with Crippen LogP contribution in [0.3, 0.4) is 0 Å². The first-order valence-corrected chi connectivity index (χ1v) is 7.62. The zero-order valence-corrected chi connectivity index (χ0v) is 13.5. The highest BCUT2D eigenvalue weighted by Gasteiger charge is 2.34. The number of carboxylic acids is 1. The van der Waals surface area contributed by atoms with Crippen LogP contribution in [0.25, 0.3) is 0 Å². The molecule has 2 rings (SSSR count). The summed E-state index contributed by atoms with van der Waals surface area (Å²) < 4.78 is 44.0. The lowest BCUT2D eigenvalue weighted by Gasteiger charge is -2.18. The summed E-state index contributed by atoms with van der Waals surface area (Å²) in [6.07, 6.45) is -4.47. The van der Waals surface area contributed by atoms with Crippen molar-refractivity contribution in [3.63, 3.8) is 0 Å². The largest absolute Gasteiger partial charge is 0.491 e. The van der Waals surface area contributed by atoms with Gasteiger partial charge in [-0.1, -0.05) is 24.3 Å². The molecule has 0 saturated heterocycles. The summed E-state index contributed by atoms with van der Waals surface area (Å²) in [5.41, 5.74) is 0.140. The molecule has 2 aromatic carbocycles. The number of hydrogen-bond acceptors (Lipinski definition) is 3. The summed E-state index contributed by atoms with van der Waals surface area (Å²) in [5.74, 6) is -1.22. The van der Waals surface area contributed by atoms with Crippen LogP contribution >= 0.6 is 0 Å². The highest BCUT2D eigenvalue weighted by atomic mass is 19.4. The fourth-order valence-corrected chi connectivity index (χ4v) is 2.21. The molecule has 0 heterocycles. The van der Waals surface area contributed by atoms with E-state index in [1.54, 1.807) is 25.1 Å². The van der Waals surface area contributed by atoms with Crippen molar-refractivity contribution in [3.05, 3.63) is 65.2 Å². The first kappa shape index (κ1) is 18.8. The minimum absolute atomic E-state index is 0.0473. The van der Waals surface area contributed by atoms with Crippen LogP contribution in [0.15, 0.2) is 48.5 Å². The minimum atomic E-state index is -4.47. The third-order valence-corrected chi connectivity index (χ3v) is 3.51. The van der Waals surface area contributed by atoms with E-state index in [1.165, 1.54) is 24.3 Å². The van der Waals surface area contributed by atoms with Crippen molar-refractivity contribution >= 4 is 5.97 Å². The first-order chi connectivity index (χ1) is 11.8. The lowest BCUT2D eigenvalue weighted by Crippen LogP contribution is -2.31. The highest BCUT2D eigenvalue weighted by Crippen LogP contribution is 2.35. The summed E-state index contributed by atoms with van der Waals surface area (Å²) in [6, 6.07) is 11.3. The second kappa shape index (κ2) is 8.02. The number of rotatable bonds is 7. The van der Waals surface area contributed by atoms with Gasteiger partial charge in [0.15, 0.2) is 0 Å². The van der Waals surface area contributed by atoms with Gasteiger partial charge in [0.05, 0.1) is 11.1 Å². The van der Waals surface area contributed by atoms with Crippen molar-refractivity contribution in [1.82, 2.24) is 5.32 Å². The second-order valence-corrected chi connectivity index (χ2v) is 5.59. The van der Waals surface area contributed by atoms with E-state index in [4.69, 9.17) is 9.84 Å². The maximum atomic E-state index is 12.9. The fourth-order valence-electron chi connectivity index (χ4n) is 2.21. The van der Waals surface area contributed by atoms with Gasteiger partial charge < -0.3 is 15.2 Å². The molecule has 1 unspecified atom stereocenters. The van der Waals surface area contributed by atoms with Gasteiger partial charge in [0.1, 0.15) is 12.4 Å². The molecule has 4 nitrogen and oxygen atoms in total. The number of nitrogens with one attached hydrogen (secondary N) is 1. The molecule has 0 fully saturated rings. The first-order valence-electron chi connectivity index (χ1n) is 7.62. The normalized spacial score (nSPS) is 12.6. The average molecular weight is 353 g/mol. The topological polar surface area (TPSA) is 58.6 Å². The van der Waals surface area contributed by atoms with Gasteiger partial charge in [0.2, 0.25) is 0 Å². The molecule has 25 heavy (non-hydrogen) atoms. The van der Waals surface area contributed by atoms with Crippen LogP contribution in [-0.4, -0.2) is 23.7 Å².